The van der Waals surface area contributed by atoms with Gasteiger partial charge in [0.05, 0.1) is 26.9 Å². The zero-order valence-electron chi connectivity index (χ0n) is 14.9. The number of hydrogen-bond acceptors (Lipinski definition) is 5. The predicted molar refractivity (Wildman–Crippen MR) is 99.8 cm³/mol. The van der Waals surface area contributed by atoms with Crippen LogP contribution in [0.1, 0.15) is 11.1 Å². The van der Waals surface area contributed by atoms with Crippen LogP contribution in [0.25, 0.3) is 0 Å². The number of amides is 1. The zero-order chi connectivity index (χ0) is 18.2. The number of nitrogens with one attached hydrogen (secondary N) is 1. The van der Waals surface area contributed by atoms with Crippen LogP contribution in [-0.4, -0.2) is 40.4 Å². The van der Waals surface area contributed by atoms with Crippen LogP contribution in [-0.2, 0) is 11.2 Å². The molecule has 6 nitrogen and oxygen atoms in total. The number of hydrogen-bond donors (Lipinski definition) is 1. The third kappa shape index (κ3) is 5.24. The fourth-order valence-corrected chi connectivity index (χ4v) is 2.25. The highest BCUT2D eigenvalue weighted by atomic mass is 16.5. The van der Waals surface area contributed by atoms with Crippen molar-refractivity contribution < 1.29 is 14.3 Å². The molecule has 132 valence electrons. The Bertz CT molecular complexity index is 740. The molecule has 0 aliphatic heterocycles. The van der Waals surface area contributed by atoms with Gasteiger partial charge in [0.15, 0.2) is 11.5 Å². The van der Waals surface area contributed by atoms with E-state index in [2.05, 4.69) is 10.5 Å². The lowest BCUT2D eigenvalue weighted by Crippen LogP contribution is -2.19. The zero-order valence-corrected chi connectivity index (χ0v) is 14.9. The van der Waals surface area contributed by atoms with Gasteiger partial charge in [-0.05, 0) is 35.4 Å². The fourth-order valence-electron chi connectivity index (χ4n) is 2.25. The molecule has 2 aromatic rings. The predicted octanol–water partition coefficient (Wildman–Crippen LogP) is 2.46. The molecule has 0 atom stereocenters. The average Bonchev–Trinajstić information content (AvgIpc) is 2.62. The molecule has 0 aromatic heterocycles. The van der Waals surface area contributed by atoms with E-state index in [9.17, 15) is 4.79 Å². The third-order valence-electron chi connectivity index (χ3n) is 3.62. The molecule has 0 fully saturated rings. The molecule has 0 bridgehead atoms. The van der Waals surface area contributed by atoms with E-state index in [1.165, 1.54) is 0 Å². The SMILES string of the molecule is COc1ccc(CC(=O)N/N=C/c2ccc(N(C)C)cc2)cc1OC. The maximum absolute atomic E-state index is 12.0. The fraction of sp³-hybridized carbons (Fsp3) is 0.263. The second kappa shape index (κ2) is 8.73. The van der Waals surface area contributed by atoms with E-state index >= 15 is 0 Å². The van der Waals surface area contributed by atoms with Crippen LogP contribution in [0.5, 0.6) is 11.5 Å². The molecule has 0 aliphatic rings. The van der Waals surface area contributed by atoms with Crippen molar-refractivity contribution in [2.75, 3.05) is 33.2 Å². The molecule has 0 heterocycles. The minimum Gasteiger partial charge on any atom is -0.493 e. The molecule has 6 heteroatoms. The highest BCUT2D eigenvalue weighted by Gasteiger charge is 2.07. The molecule has 0 saturated heterocycles. The summed E-state index contributed by atoms with van der Waals surface area (Å²) in [6.07, 6.45) is 1.82. The first-order chi connectivity index (χ1) is 12.0. The minimum absolute atomic E-state index is 0.201. The van der Waals surface area contributed by atoms with Gasteiger partial charge in [-0.25, -0.2) is 5.43 Å². The van der Waals surface area contributed by atoms with E-state index in [0.29, 0.717) is 11.5 Å². The molecule has 0 spiro atoms. The maximum atomic E-state index is 12.0. The lowest BCUT2D eigenvalue weighted by Gasteiger charge is -2.11. The van der Waals surface area contributed by atoms with Crippen LogP contribution in [0.4, 0.5) is 5.69 Å². The van der Waals surface area contributed by atoms with Crippen molar-refractivity contribution in [3.63, 3.8) is 0 Å². The van der Waals surface area contributed by atoms with Crippen molar-refractivity contribution >= 4 is 17.8 Å². The number of hydrazone groups is 1. The van der Waals surface area contributed by atoms with Crippen molar-refractivity contribution in [3.05, 3.63) is 53.6 Å². The van der Waals surface area contributed by atoms with Gasteiger partial charge < -0.3 is 14.4 Å². The van der Waals surface area contributed by atoms with E-state index in [1.54, 1.807) is 32.6 Å². The molecular weight excluding hydrogens is 318 g/mol. The van der Waals surface area contributed by atoms with Crippen LogP contribution in [0.2, 0.25) is 0 Å². The molecular formula is C19H23N3O3. The van der Waals surface area contributed by atoms with Crippen molar-refractivity contribution in [1.29, 1.82) is 0 Å². The van der Waals surface area contributed by atoms with Crippen LogP contribution in [0.15, 0.2) is 47.6 Å². The van der Waals surface area contributed by atoms with Crippen LogP contribution in [0.3, 0.4) is 0 Å². The number of ether oxygens (including phenoxy) is 2. The van der Waals surface area contributed by atoms with E-state index in [-0.39, 0.29) is 12.3 Å². The highest BCUT2D eigenvalue weighted by molar-refractivity contribution is 5.83. The Morgan fingerprint density at radius 2 is 1.76 bits per heavy atom. The van der Waals surface area contributed by atoms with E-state index in [4.69, 9.17) is 9.47 Å². The smallest absolute Gasteiger partial charge is 0.244 e. The van der Waals surface area contributed by atoms with Crippen LogP contribution < -0.4 is 19.8 Å². The number of nitrogens with zero attached hydrogens (tertiary/aromatic N) is 2. The van der Waals surface area contributed by atoms with Gasteiger partial charge >= 0.3 is 0 Å². The van der Waals surface area contributed by atoms with Crippen LogP contribution >= 0.6 is 0 Å². The van der Waals surface area contributed by atoms with Crippen LogP contribution in [0, 0.1) is 0 Å². The number of carbonyl (C=O) groups excluding carboxylic acids is 1. The molecule has 0 unspecified atom stereocenters. The number of anilines is 1. The van der Waals surface area contributed by atoms with Crippen molar-refractivity contribution in [2.24, 2.45) is 5.10 Å². The molecule has 2 rings (SSSR count). The summed E-state index contributed by atoms with van der Waals surface area (Å²) in [7, 11) is 7.10. The van der Waals surface area contributed by atoms with Crippen molar-refractivity contribution in [1.82, 2.24) is 5.43 Å². The standard InChI is InChI=1S/C19H23N3O3/c1-22(2)16-8-5-14(6-9-16)13-20-21-19(23)12-15-7-10-17(24-3)18(11-15)25-4/h5-11,13H,12H2,1-4H3,(H,21,23)/b20-13+. The summed E-state index contributed by atoms with van der Waals surface area (Å²) in [5.41, 5.74) is 5.37. The van der Waals surface area contributed by atoms with Gasteiger partial charge in [0.25, 0.3) is 0 Å². The van der Waals surface area contributed by atoms with Gasteiger partial charge in [-0.3, -0.25) is 4.79 Å². The summed E-state index contributed by atoms with van der Waals surface area (Å²) in [6.45, 7) is 0. The molecule has 2 aromatic carbocycles. The molecule has 0 saturated carbocycles. The minimum atomic E-state index is -0.201. The molecule has 1 N–H and O–H groups in total. The lowest BCUT2D eigenvalue weighted by atomic mass is 10.1. The molecule has 0 aliphatic carbocycles. The summed E-state index contributed by atoms with van der Waals surface area (Å²) >= 11 is 0. The third-order valence-corrected chi connectivity index (χ3v) is 3.62. The first-order valence-electron chi connectivity index (χ1n) is 7.83. The first-order valence-corrected chi connectivity index (χ1v) is 7.83. The van der Waals surface area contributed by atoms with Crippen molar-refractivity contribution in [2.45, 2.75) is 6.42 Å². The number of rotatable bonds is 7. The second-order valence-corrected chi connectivity index (χ2v) is 5.65. The van der Waals surface area contributed by atoms with Gasteiger partial charge in [0.2, 0.25) is 5.91 Å². The summed E-state index contributed by atoms with van der Waals surface area (Å²) in [4.78, 5) is 14.0. The number of benzene rings is 2. The Morgan fingerprint density at radius 3 is 2.36 bits per heavy atom. The highest BCUT2D eigenvalue weighted by Crippen LogP contribution is 2.27. The van der Waals surface area contributed by atoms with Crippen molar-refractivity contribution in [3.8, 4) is 11.5 Å². The normalized spacial score (nSPS) is 10.6. The largest absolute Gasteiger partial charge is 0.493 e. The molecule has 1 amide bonds. The first kappa shape index (κ1) is 18.3. The maximum Gasteiger partial charge on any atom is 0.244 e. The quantitative estimate of drug-likeness (QED) is 0.621. The lowest BCUT2D eigenvalue weighted by molar-refractivity contribution is -0.120. The topological polar surface area (TPSA) is 63.2 Å². The molecule has 0 radical (unpaired) electrons. The Morgan fingerprint density at radius 1 is 1.08 bits per heavy atom. The second-order valence-electron chi connectivity index (χ2n) is 5.65. The van der Waals surface area contributed by atoms with E-state index < -0.39 is 0 Å². The van der Waals surface area contributed by atoms with E-state index in [1.807, 2.05) is 49.3 Å². The average molecular weight is 341 g/mol. The number of methoxy groups -OCH3 is 2. The monoisotopic (exact) mass is 341 g/mol. The van der Waals surface area contributed by atoms with Gasteiger partial charge in [-0.1, -0.05) is 18.2 Å². The van der Waals surface area contributed by atoms with Gasteiger partial charge in [0.1, 0.15) is 0 Å². The van der Waals surface area contributed by atoms with Gasteiger partial charge in [-0.2, -0.15) is 5.10 Å². The van der Waals surface area contributed by atoms with E-state index in [0.717, 1.165) is 16.8 Å². The Kier molecular flexibility index (Phi) is 6.39. The van der Waals surface area contributed by atoms with Gasteiger partial charge in [0, 0.05) is 19.8 Å². The Labute approximate surface area is 148 Å². The Balaban J connectivity index is 1.92. The molecule has 25 heavy (non-hydrogen) atoms. The summed E-state index contributed by atoms with van der Waals surface area (Å²) < 4.78 is 10.4. The number of carbonyl (C=O) groups is 1. The Hall–Kier alpha value is -3.02. The summed E-state index contributed by atoms with van der Waals surface area (Å²) in [5, 5.41) is 3.99. The summed E-state index contributed by atoms with van der Waals surface area (Å²) in [6, 6.07) is 13.3. The summed E-state index contributed by atoms with van der Waals surface area (Å²) in [5.74, 6) is 1.02. The van der Waals surface area contributed by atoms with Gasteiger partial charge in [-0.15, -0.1) is 0 Å².